The van der Waals surface area contributed by atoms with Gasteiger partial charge in [0.1, 0.15) is 11.8 Å². The molecule has 1 saturated heterocycles. The van der Waals surface area contributed by atoms with Gasteiger partial charge >= 0.3 is 0 Å². The number of hydrogen-bond donors (Lipinski definition) is 0. The summed E-state index contributed by atoms with van der Waals surface area (Å²) >= 11 is 0. The molecule has 2 aromatic carbocycles. The first-order valence-electron chi connectivity index (χ1n) is 9.47. The lowest BCUT2D eigenvalue weighted by atomic mass is 10.1. The molecule has 0 aliphatic carbocycles. The molecule has 1 aliphatic rings. The Kier molecular flexibility index (Phi) is 5.10. The van der Waals surface area contributed by atoms with Crippen LogP contribution < -0.4 is 4.74 Å². The summed E-state index contributed by atoms with van der Waals surface area (Å²) < 4.78 is 10.7. The molecular formula is C22H23N3O3. The maximum absolute atomic E-state index is 12.9. The lowest BCUT2D eigenvalue weighted by Gasteiger charge is -2.22. The van der Waals surface area contributed by atoms with Crippen LogP contribution in [0.3, 0.4) is 0 Å². The average molecular weight is 377 g/mol. The molecule has 0 spiro atoms. The summed E-state index contributed by atoms with van der Waals surface area (Å²) in [6.45, 7) is 2.76. The number of amides is 1. The Labute approximate surface area is 164 Å². The maximum atomic E-state index is 12.9. The summed E-state index contributed by atoms with van der Waals surface area (Å²) in [4.78, 5) is 19.3. The predicted octanol–water partition coefficient (Wildman–Crippen LogP) is 3.96. The van der Waals surface area contributed by atoms with E-state index in [0.717, 1.165) is 36.3 Å². The zero-order valence-electron chi connectivity index (χ0n) is 16.1. The molecule has 28 heavy (non-hydrogen) atoms. The maximum Gasteiger partial charge on any atom is 0.249 e. The van der Waals surface area contributed by atoms with Crippen LogP contribution in [0.4, 0.5) is 0 Å². The second-order valence-electron chi connectivity index (χ2n) is 7.09. The number of nitrogens with zero attached hydrogens (tertiary/aromatic N) is 3. The fourth-order valence-corrected chi connectivity index (χ4v) is 3.53. The lowest BCUT2D eigenvalue weighted by molar-refractivity contribution is -0.131. The molecule has 2 heterocycles. The highest BCUT2D eigenvalue weighted by molar-refractivity contribution is 5.79. The van der Waals surface area contributed by atoms with Crippen LogP contribution in [0.15, 0.2) is 53.1 Å². The number of rotatable bonds is 5. The van der Waals surface area contributed by atoms with E-state index in [9.17, 15) is 4.79 Å². The standard InChI is InChI=1S/C22H23N3O3/c1-15-5-7-16(8-6-15)14-20(26)25-13-3-4-19(25)22-23-21(24-28-22)17-9-11-18(27-2)12-10-17/h5-12,19H,3-4,13-14H2,1-2H3/t19-/m0/s1. The van der Waals surface area contributed by atoms with Gasteiger partial charge in [-0.2, -0.15) is 4.98 Å². The normalized spacial score (nSPS) is 16.4. The largest absolute Gasteiger partial charge is 0.497 e. The summed E-state index contributed by atoms with van der Waals surface area (Å²) in [7, 11) is 1.63. The highest BCUT2D eigenvalue weighted by Crippen LogP contribution is 2.32. The molecule has 0 saturated carbocycles. The average Bonchev–Trinajstić information content (AvgIpc) is 3.39. The summed E-state index contributed by atoms with van der Waals surface area (Å²) in [5.74, 6) is 1.89. The minimum absolute atomic E-state index is 0.0931. The van der Waals surface area contributed by atoms with Gasteiger partial charge in [-0.05, 0) is 49.6 Å². The SMILES string of the molecule is COc1ccc(-c2noc([C@@H]3CCCN3C(=O)Cc3ccc(C)cc3)n2)cc1. The van der Waals surface area contributed by atoms with Crippen LogP contribution in [-0.2, 0) is 11.2 Å². The van der Waals surface area contributed by atoms with Crippen molar-refractivity contribution in [3.63, 3.8) is 0 Å². The molecule has 6 nitrogen and oxygen atoms in total. The Balaban J connectivity index is 1.49. The molecule has 6 heteroatoms. The molecule has 1 atom stereocenters. The van der Waals surface area contributed by atoms with Crippen molar-refractivity contribution in [2.24, 2.45) is 0 Å². The van der Waals surface area contributed by atoms with Crippen LogP contribution in [0, 0.1) is 6.92 Å². The van der Waals surface area contributed by atoms with Gasteiger partial charge in [0.15, 0.2) is 0 Å². The summed E-state index contributed by atoms with van der Waals surface area (Å²) in [6.07, 6.45) is 2.16. The van der Waals surface area contributed by atoms with Crippen LogP contribution in [0.25, 0.3) is 11.4 Å². The molecule has 0 unspecified atom stereocenters. The van der Waals surface area contributed by atoms with Crippen molar-refractivity contribution in [3.05, 3.63) is 65.5 Å². The Bertz CT molecular complexity index is 948. The van der Waals surface area contributed by atoms with Crippen LogP contribution in [-0.4, -0.2) is 34.6 Å². The summed E-state index contributed by atoms with van der Waals surface area (Å²) in [5, 5.41) is 4.11. The highest BCUT2D eigenvalue weighted by Gasteiger charge is 2.34. The van der Waals surface area contributed by atoms with E-state index in [0.29, 0.717) is 18.1 Å². The molecule has 1 aromatic heterocycles. The lowest BCUT2D eigenvalue weighted by Crippen LogP contribution is -2.32. The van der Waals surface area contributed by atoms with E-state index in [1.165, 1.54) is 5.56 Å². The van der Waals surface area contributed by atoms with Gasteiger partial charge in [-0.3, -0.25) is 4.79 Å². The van der Waals surface area contributed by atoms with Crippen molar-refractivity contribution in [3.8, 4) is 17.1 Å². The predicted molar refractivity (Wildman–Crippen MR) is 105 cm³/mol. The van der Waals surface area contributed by atoms with Gasteiger partial charge in [0.05, 0.1) is 13.5 Å². The van der Waals surface area contributed by atoms with Crippen molar-refractivity contribution in [2.75, 3.05) is 13.7 Å². The van der Waals surface area contributed by atoms with Gasteiger partial charge in [0.2, 0.25) is 17.6 Å². The van der Waals surface area contributed by atoms with Crippen LogP contribution in [0.2, 0.25) is 0 Å². The molecule has 4 rings (SSSR count). The third kappa shape index (κ3) is 3.76. The highest BCUT2D eigenvalue weighted by atomic mass is 16.5. The van der Waals surface area contributed by atoms with Crippen LogP contribution in [0.1, 0.15) is 35.9 Å². The first kappa shape index (κ1) is 18.2. The van der Waals surface area contributed by atoms with E-state index >= 15 is 0 Å². The second-order valence-corrected chi connectivity index (χ2v) is 7.09. The molecule has 1 amide bonds. The summed E-state index contributed by atoms with van der Waals surface area (Å²) in [6, 6.07) is 15.4. The number of methoxy groups -OCH3 is 1. The Morgan fingerprint density at radius 2 is 1.93 bits per heavy atom. The monoisotopic (exact) mass is 377 g/mol. The van der Waals surface area contributed by atoms with Gasteiger partial charge in [0.25, 0.3) is 0 Å². The van der Waals surface area contributed by atoms with Gasteiger partial charge in [-0.1, -0.05) is 35.0 Å². The molecule has 0 radical (unpaired) electrons. The van der Waals surface area contributed by atoms with Gasteiger partial charge in [-0.15, -0.1) is 0 Å². The first-order valence-corrected chi connectivity index (χ1v) is 9.47. The molecule has 144 valence electrons. The van der Waals surface area contributed by atoms with Crippen molar-refractivity contribution in [1.29, 1.82) is 0 Å². The number of aryl methyl sites for hydroxylation is 1. The number of carbonyl (C=O) groups excluding carboxylic acids is 1. The van der Waals surface area contributed by atoms with E-state index in [1.807, 2.05) is 60.4 Å². The van der Waals surface area contributed by atoms with E-state index in [-0.39, 0.29) is 11.9 Å². The van der Waals surface area contributed by atoms with Crippen molar-refractivity contribution in [1.82, 2.24) is 15.0 Å². The molecule has 1 aliphatic heterocycles. The number of benzene rings is 2. The Morgan fingerprint density at radius 3 is 2.64 bits per heavy atom. The quantitative estimate of drug-likeness (QED) is 0.673. The van der Waals surface area contributed by atoms with Crippen LogP contribution in [0.5, 0.6) is 5.75 Å². The van der Waals surface area contributed by atoms with Gasteiger partial charge in [-0.25, -0.2) is 0 Å². The Hall–Kier alpha value is -3.15. The van der Waals surface area contributed by atoms with E-state index < -0.39 is 0 Å². The number of ether oxygens (including phenoxy) is 1. The minimum atomic E-state index is -0.155. The smallest absolute Gasteiger partial charge is 0.249 e. The third-order valence-corrected chi connectivity index (χ3v) is 5.12. The van der Waals surface area contributed by atoms with E-state index in [1.54, 1.807) is 7.11 Å². The third-order valence-electron chi connectivity index (χ3n) is 5.12. The topological polar surface area (TPSA) is 68.5 Å². The fraction of sp³-hybridized carbons (Fsp3) is 0.318. The van der Waals surface area contributed by atoms with Crippen molar-refractivity contribution >= 4 is 5.91 Å². The Morgan fingerprint density at radius 1 is 1.18 bits per heavy atom. The van der Waals surface area contributed by atoms with Crippen LogP contribution >= 0.6 is 0 Å². The molecule has 3 aromatic rings. The van der Waals surface area contributed by atoms with Gasteiger partial charge in [0, 0.05) is 12.1 Å². The second kappa shape index (κ2) is 7.84. The van der Waals surface area contributed by atoms with E-state index in [2.05, 4.69) is 10.1 Å². The number of aromatic nitrogens is 2. The molecule has 1 fully saturated rings. The zero-order chi connectivity index (χ0) is 19.5. The van der Waals surface area contributed by atoms with Gasteiger partial charge < -0.3 is 14.2 Å². The van der Waals surface area contributed by atoms with Crippen molar-refractivity contribution < 1.29 is 14.1 Å². The number of carbonyl (C=O) groups is 1. The minimum Gasteiger partial charge on any atom is -0.497 e. The zero-order valence-corrected chi connectivity index (χ0v) is 16.1. The molecule has 0 bridgehead atoms. The molecule has 0 N–H and O–H groups in total. The van der Waals surface area contributed by atoms with E-state index in [4.69, 9.17) is 9.26 Å². The fourth-order valence-electron chi connectivity index (χ4n) is 3.53. The summed E-state index contributed by atoms with van der Waals surface area (Å²) in [5.41, 5.74) is 3.06. The number of likely N-dealkylation sites (tertiary alicyclic amines) is 1. The molecular weight excluding hydrogens is 354 g/mol. The number of hydrogen-bond acceptors (Lipinski definition) is 5. The van der Waals surface area contributed by atoms with Crippen molar-refractivity contribution in [2.45, 2.75) is 32.2 Å². The first-order chi connectivity index (χ1) is 13.6.